The van der Waals surface area contributed by atoms with Crippen LogP contribution in [0.4, 0.5) is 0 Å². The number of fused-ring (bicyclic) bond motifs is 1. The maximum Gasteiger partial charge on any atom is 0.320 e. The van der Waals surface area contributed by atoms with Gasteiger partial charge in [-0.15, -0.1) is 0 Å². The van der Waals surface area contributed by atoms with Crippen LogP contribution in [-0.4, -0.2) is 34.1 Å². The third kappa shape index (κ3) is 1.44. The lowest BCUT2D eigenvalue weighted by Crippen LogP contribution is -2.44. The van der Waals surface area contributed by atoms with Crippen molar-refractivity contribution in [2.45, 2.75) is 57.7 Å². The van der Waals surface area contributed by atoms with Crippen molar-refractivity contribution in [1.29, 1.82) is 0 Å². The first-order chi connectivity index (χ1) is 6.61. The fraction of sp³-hybridized carbons (Fsp3) is 0.909. The minimum atomic E-state index is -0.631. The molecule has 3 nitrogen and oxygen atoms in total. The van der Waals surface area contributed by atoms with Crippen LogP contribution in [-0.2, 0) is 4.79 Å². The van der Waals surface area contributed by atoms with Crippen molar-refractivity contribution in [3.63, 3.8) is 0 Å². The number of aliphatic carboxylic acids is 1. The summed E-state index contributed by atoms with van der Waals surface area (Å²) in [6.45, 7) is 4.22. The van der Waals surface area contributed by atoms with Crippen LogP contribution in [0.5, 0.6) is 0 Å². The number of hydrogen-bond acceptors (Lipinski definition) is 2. The van der Waals surface area contributed by atoms with Crippen LogP contribution in [0.3, 0.4) is 0 Å². The van der Waals surface area contributed by atoms with Crippen LogP contribution in [0.2, 0.25) is 0 Å². The Morgan fingerprint density at radius 3 is 2.71 bits per heavy atom. The van der Waals surface area contributed by atoms with Gasteiger partial charge in [0.2, 0.25) is 0 Å². The summed E-state index contributed by atoms with van der Waals surface area (Å²) in [7, 11) is 0. The minimum Gasteiger partial charge on any atom is -0.480 e. The van der Waals surface area contributed by atoms with E-state index in [1.54, 1.807) is 0 Å². The van der Waals surface area contributed by atoms with Crippen LogP contribution in [0.1, 0.15) is 39.5 Å². The van der Waals surface area contributed by atoms with Gasteiger partial charge in [0.1, 0.15) is 6.04 Å². The summed E-state index contributed by atoms with van der Waals surface area (Å²) in [6, 6.07) is 0.700. The quantitative estimate of drug-likeness (QED) is 0.732. The number of nitrogens with zero attached hydrogens (tertiary/aromatic N) is 1. The number of carboxylic acids is 1. The van der Waals surface area contributed by atoms with E-state index in [1.807, 2.05) is 0 Å². The van der Waals surface area contributed by atoms with Crippen LogP contribution in [0, 0.1) is 5.92 Å². The van der Waals surface area contributed by atoms with Crippen molar-refractivity contribution in [3.05, 3.63) is 0 Å². The Labute approximate surface area is 85.1 Å². The monoisotopic (exact) mass is 197 g/mol. The zero-order chi connectivity index (χ0) is 10.3. The summed E-state index contributed by atoms with van der Waals surface area (Å²) >= 11 is 0. The molecular weight excluding hydrogens is 178 g/mol. The van der Waals surface area contributed by atoms with Crippen molar-refractivity contribution in [3.8, 4) is 0 Å². The smallest absolute Gasteiger partial charge is 0.320 e. The molecule has 0 radical (unpaired) electrons. The van der Waals surface area contributed by atoms with Crippen molar-refractivity contribution in [1.82, 2.24) is 4.90 Å². The van der Waals surface area contributed by atoms with Gasteiger partial charge in [-0.1, -0.05) is 6.42 Å². The zero-order valence-corrected chi connectivity index (χ0v) is 8.94. The van der Waals surface area contributed by atoms with Gasteiger partial charge in [0.25, 0.3) is 0 Å². The molecule has 0 aromatic heterocycles. The number of hydrogen-bond donors (Lipinski definition) is 1. The first-order valence-corrected chi connectivity index (χ1v) is 5.61. The van der Waals surface area contributed by atoms with E-state index in [4.69, 9.17) is 5.11 Å². The van der Waals surface area contributed by atoms with Crippen molar-refractivity contribution >= 4 is 5.97 Å². The molecule has 1 N–H and O–H groups in total. The second-order valence-electron chi connectivity index (χ2n) is 4.89. The summed E-state index contributed by atoms with van der Waals surface area (Å²) in [5.41, 5.74) is 0. The second kappa shape index (κ2) is 3.54. The molecule has 0 aromatic rings. The third-order valence-electron chi connectivity index (χ3n) is 3.77. The average molecular weight is 197 g/mol. The predicted octanol–water partition coefficient (Wildman–Crippen LogP) is 1.72. The first kappa shape index (κ1) is 9.97. The maximum absolute atomic E-state index is 11.1. The molecule has 3 unspecified atom stereocenters. The Morgan fingerprint density at radius 1 is 1.43 bits per heavy atom. The Morgan fingerprint density at radius 2 is 2.14 bits per heavy atom. The molecule has 3 heteroatoms. The van der Waals surface area contributed by atoms with Gasteiger partial charge in [-0.3, -0.25) is 9.69 Å². The highest BCUT2D eigenvalue weighted by atomic mass is 16.4. The van der Waals surface area contributed by atoms with Crippen molar-refractivity contribution < 1.29 is 9.90 Å². The lowest BCUT2D eigenvalue weighted by atomic mass is 10.0. The van der Waals surface area contributed by atoms with Gasteiger partial charge in [0.15, 0.2) is 0 Å². The molecule has 1 heterocycles. The average Bonchev–Trinajstić information content (AvgIpc) is 2.58. The first-order valence-electron chi connectivity index (χ1n) is 5.61. The number of carboxylic acid groups (broad SMARTS) is 1. The molecule has 0 spiro atoms. The van der Waals surface area contributed by atoms with E-state index in [9.17, 15) is 4.79 Å². The molecular formula is C11H19NO2. The van der Waals surface area contributed by atoms with Gasteiger partial charge in [0, 0.05) is 12.1 Å². The highest BCUT2D eigenvalue weighted by Gasteiger charge is 2.47. The Kier molecular flexibility index (Phi) is 2.52. The van der Waals surface area contributed by atoms with E-state index >= 15 is 0 Å². The largest absolute Gasteiger partial charge is 0.480 e. The lowest BCUT2D eigenvalue weighted by molar-refractivity contribution is -0.143. The molecule has 2 aliphatic rings. The van der Waals surface area contributed by atoms with Gasteiger partial charge in [-0.05, 0) is 39.0 Å². The molecule has 1 saturated heterocycles. The van der Waals surface area contributed by atoms with E-state index in [2.05, 4.69) is 18.7 Å². The summed E-state index contributed by atoms with van der Waals surface area (Å²) in [5, 5.41) is 9.15. The van der Waals surface area contributed by atoms with E-state index in [0.717, 1.165) is 6.42 Å². The molecule has 3 atom stereocenters. The van der Waals surface area contributed by atoms with Crippen molar-refractivity contribution in [2.75, 3.05) is 0 Å². The highest BCUT2D eigenvalue weighted by Crippen LogP contribution is 2.42. The Bertz CT molecular complexity index is 239. The van der Waals surface area contributed by atoms with Gasteiger partial charge >= 0.3 is 5.97 Å². The van der Waals surface area contributed by atoms with Gasteiger partial charge in [0.05, 0.1) is 0 Å². The Balaban J connectivity index is 2.17. The van der Waals surface area contributed by atoms with Crippen LogP contribution >= 0.6 is 0 Å². The topological polar surface area (TPSA) is 40.5 Å². The van der Waals surface area contributed by atoms with Crippen LogP contribution in [0.15, 0.2) is 0 Å². The molecule has 80 valence electrons. The SMILES string of the molecule is CC(C)N1C(C(=O)O)CC2CCCC21. The predicted molar refractivity (Wildman–Crippen MR) is 54.1 cm³/mol. The molecule has 2 fully saturated rings. The number of rotatable bonds is 2. The molecule has 2 rings (SSSR count). The molecule has 1 aliphatic carbocycles. The van der Waals surface area contributed by atoms with E-state index < -0.39 is 5.97 Å². The normalized spacial score (nSPS) is 37.8. The van der Waals surface area contributed by atoms with E-state index in [-0.39, 0.29) is 6.04 Å². The third-order valence-corrected chi connectivity index (χ3v) is 3.77. The molecule has 1 aliphatic heterocycles. The standard InChI is InChI=1S/C11H19NO2/c1-7(2)12-9-5-3-4-8(9)6-10(12)11(13)14/h7-10H,3-6H2,1-2H3,(H,13,14). The van der Waals surface area contributed by atoms with Crippen molar-refractivity contribution in [2.24, 2.45) is 5.92 Å². The van der Waals surface area contributed by atoms with Gasteiger partial charge < -0.3 is 5.11 Å². The van der Waals surface area contributed by atoms with Gasteiger partial charge in [-0.2, -0.15) is 0 Å². The molecule has 0 bridgehead atoms. The Hall–Kier alpha value is -0.570. The zero-order valence-electron chi connectivity index (χ0n) is 8.94. The summed E-state index contributed by atoms with van der Waals surface area (Å²) in [4.78, 5) is 13.3. The fourth-order valence-electron chi connectivity index (χ4n) is 3.30. The maximum atomic E-state index is 11.1. The summed E-state index contributed by atoms with van der Waals surface area (Å²) in [5.74, 6) is 0.0200. The molecule has 0 amide bonds. The summed E-state index contributed by atoms with van der Waals surface area (Å²) in [6.07, 6.45) is 4.59. The van der Waals surface area contributed by atoms with E-state index in [1.165, 1.54) is 19.3 Å². The molecule has 14 heavy (non-hydrogen) atoms. The van der Waals surface area contributed by atoms with Gasteiger partial charge in [-0.25, -0.2) is 0 Å². The minimum absolute atomic E-state index is 0.217. The number of likely N-dealkylation sites (tertiary alicyclic amines) is 1. The lowest BCUT2D eigenvalue weighted by Gasteiger charge is -2.31. The van der Waals surface area contributed by atoms with E-state index in [0.29, 0.717) is 18.0 Å². The molecule has 1 saturated carbocycles. The highest BCUT2D eigenvalue weighted by molar-refractivity contribution is 5.74. The fourth-order valence-corrected chi connectivity index (χ4v) is 3.30. The van der Waals surface area contributed by atoms with Crippen LogP contribution < -0.4 is 0 Å². The number of carbonyl (C=O) groups is 1. The second-order valence-corrected chi connectivity index (χ2v) is 4.89. The van der Waals surface area contributed by atoms with Crippen LogP contribution in [0.25, 0.3) is 0 Å². The molecule has 0 aromatic carbocycles. The summed E-state index contributed by atoms with van der Waals surface area (Å²) < 4.78 is 0.